The fourth-order valence-electron chi connectivity index (χ4n) is 2.69. The van der Waals surface area contributed by atoms with Gasteiger partial charge in [-0.05, 0) is 39.1 Å². The molecule has 0 aromatic heterocycles. The number of nitrogens with zero attached hydrogens (tertiary/aromatic N) is 1. The lowest BCUT2D eigenvalue weighted by Gasteiger charge is -2.20. The minimum atomic E-state index is -0.299. The van der Waals surface area contributed by atoms with Gasteiger partial charge in [0.25, 0.3) is 0 Å². The Kier molecular flexibility index (Phi) is 6.40. The molecule has 1 aromatic rings. The maximum Gasteiger partial charge on any atom is 0.227 e. The Hall–Kier alpha value is -2.08. The molecule has 0 spiro atoms. The third-order valence-electron chi connectivity index (χ3n) is 3.85. The normalized spacial score (nSPS) is 17.4. The van der Waals surface area contributed by atoms with Gasteiger partial charge in [-0.3, -0.25) is 9.59 Å². The highest BCUT2D eigenvalue weighted by Gasteiger charge is 2.36. The lowest BCUT2D eigenvalue weighted by molar-refractivity contribution is -0.126. The van der Waals surface area contributed by atoms with E-state index in [1.54, 1.807) is 4.90 Å². The van der Waals surface area contributed by atoms with E-state index in [4.69, 9.17) is 4.74 Å². The van der Waals surface area contributed by atoms with E-state index in [1.807, 2.05) is 38.2 Å². The fourth-order valence-corrected chi connectivity index (χ4v) is 2.69. The Balaban J connectivity index is 1.98. The van der Waals surface area contributed by atoms with Crippen LogP contribution in [0.2, 0.25) is 0 Å². The van der Waals surface area contributed by atoms with E-state index in [0.717, 1.165) is 18.7 Å². The molecule has 2 amide bonds. The van der Waals surface area contributed by atoms with E-state index in [2.05, 4.69) is 10.6 Å². The molecule has 0 radical (unpaired) electrons. The molecule has 0 saturated carbocycles. The van der Waals surface area contributed by atoms with Crippen LogP contribution in [0.1, 0.15) is 19.8 Å². The number of carbonyl (C=O) groups excluding carboxylic acids is 2. The summed E-state index contributed by atoms with van der Waals surface area (Å²) >= 11 is 0. The van der Waals surface area contributed by atoms with Gasteiger partial charge >= 0.3 is 0 Å². The van der Waals surface area contributed by atoms with E-state index in [1.165, 1.54) is 0 Å². The van der Waals surface area contributed by atoms with Crippen molar-refractivity contribution >= 4 is 17.5 Å². The van der Waals surface area contributed by atoms with Crippen LogP contribution in [-0.2, 0) is 9.59 Å². The Bertz CT molecular complexity index is 548. The van der Waals surface area contributed by atoms with E-state index < -0.39 is 0 Å². The predicted octanol–water partition coefficient (Wildman–Crippen LogP) is 1.16. The highest BCUT2D eigenvalue weighted by atomic mass is 16.5. The quantitative estimate of drug-likeness (QED) is 0.706. The van der Waals surface area contributed by atoms with Gasteiger partial charge in [0.1, 0.15) is 5.75 Å². The summed E-state index contributed by atoms with van der Waals surface area (Å²) in [6.45, 7) is 4.33. The molecular weight excluding hydrogens is 294 g/mol. The number of carbonyl (C=O) groups is 2. The van der Waals surface area contributed by atoms with E-state index in [0.29, 0.717) is 25.4 Å². The summed E-state index contributed by atoms with van der Waals surface area (Å²) in [6, 6.07) is 7.45. The molecule has 1 fully saturated rings. The molecule has 1 aliphatic rings. The highest BCUT2D eigenvalue weighted by molar-refractivity contribution is 6.01. The lowest BCUT2D eigenvalue weighted by atomic mass is 10.1. The molecular formula is C17H25N3O3. The summed E-state index contributed by atoms with van der Waals surface area (Å²) in [7, 11) is 1.88. The van der Waals surface area contributed by atoms with E-state index in [-0.39, 0.29) is 24.2 Å². The Labute approximate surface area is 137 Å². The molecule has 0 aliphatic carbocycles. The topological polar surface area (TPSA) is 70.7 Å². The number of rotatable bonds is 8. The third-order valence-corrected chi connectivity index (χ3v) is 3.85. The lowest BCUT2D eigenvalue weighted by Crippen LogP contribution is -2.34. The Morgan fingerprint density at radius 3 is 2.87 bits per heavy atom. The zero-order valence-electron chi connectivity index (χ0n) is 13.8. The second kappa shape index (κ2) is 8.53. The number of benzene rings is 1. The van der Waals surface area contributed by atoms with Crippen LogP contribution >= 0.6 is 0 Å². The van der Waals surface area contributed by atoms with Gasteiger partial charge in [-0.15, -0.1) is 0 Å². The number of para-hydroxylation sites is 2. The molecule has 1 atom stereocenters. The summed E-state index contributed by atoms with van der Waals surface area (Å²) in [5, 5.41) is 5.94. The van der Waals surface area contributed by atoms with Crippen LogP contribution in [0.25, 0.3) is 0 Å². The molecule has 1 unspecified atom stereocenters. The predicted molar refractivity (Wildman–Crippen MR) is 89.6 cm³/mol. The van der Waals surface area contributed by atoms with Crippen molar-refractivity contribution in [3.05, 3.63) is 24.3 Å². The van der Waals surface area contributed by atoms with Gasteiger partial charge in [0, 0.05) is 19.5 Å². The van der Waals surface area contributed by atoms with E-state index in [9.17, 15) is 9.59 Å². The van der Waals surface area contributed by atoms with Gasteiger partial charge < -0.3 is 20.3 Å². The van der Waals surface area contributed by atoms with Crippen molar-refractivity contribution in [2.45, 2.75) is 19.8 Å². The van der Waals surface area contributed by atoms with Crippen LogP contribution in [0.15, 0.2) is 24.3 Å². The van der Waals surface area contributed by atoms with Crippen molar-refractivity contribution in [2.24, 2.45) is 5.92 Å². The zero-order chi connectivity index (χ0) is 16.7. The van der Waals surface area contributed by atoms with Crippen molar-refractivity contribution in [3.63, 3.8) is 0 Å². The second-order valence-electron chi connectivity index (χ2n) is 5.55. The maximum atomic E-state index is 12.3. The van der Waals surface area contributed by atoms with Crippen molar-refractivity contribution in [3.8, 4) is 5.75 Å². The minimum absolute atomic E-state index is 0.0347. The summed E-state index contributed by atoms with van der Waals surface area (Å²) in [5.41, 5.74) is 0.741. The molecule has 23 heavy (non-hydrogen) atoms. The van der Waals surface area contributed by atoms with Crippen molar-refractivity contribution in [2.75, 3.05) is 38.2 Å². The van der Waals surface area contributed by atoms with Gasteiger partial charge in [-0.2, -0.15) is 0 Å². The van der Waals surface area contributed by atoms with Crippen LogP contribution < -0.4 is 20.3 Å². The van der Waals surface area contributed by atoms with Crippen LogP contribution in [0.5, 0.6) is 5.75 Å². The smallest absolute Gasteiger partial charge is 0.227 e. The van der Waals surface area contributed by atoms with Crippen LogP contribution in [-0.4, -0.2) is 45.1 Å². The Morgan fingerprint density at radius 1 is 1.35 bits per heavy atom. The van der Waals surface area contributed by atoms with E-state index >= 15 is 0 Å². The number of nitrogens with one attached hydrogen (secondary N) is 2. The number of hydrogen-bond donors (Lipinski definition) is 2. The third kappa shape index (κ3) is 4.45. The van der Waals surface area contributed by atoms with Crippen molar-refractivity contribution in [1.82, 2.24) is 10.6 Å². The molecule has 126 valence electrons. The van der Waals surface area contributed by atoms with Crippen molar-refractivity contribution in [1.29, 1.82) is 0 Å². The van der Waals surface area contributed by atoms with Crippen LogP contribution in [0, 0.1) is 5.92 Å². The molecule has 0 bridgehead atoms. The standard InChI is InChI=1S/C17H25N3O3/c1-3-23-15-8-5-4-7-14(15)20-12-13(11-16(20)21)17(22)19-10-6-9-18-2/h4-5,7-8,13,18H,3,6,9-12H2,1-2H3,(H,19,22). The van der Waals surface area contributed by atoms with Crippen LogP contribution in [0.4, 0.5) is 5.69 Å². The second-order valence-corrected chi connectivity index (χ2v) is 5.55. The number of hydrogen-bond acceptors (Lipinski definition) is 4. The largest absolute Gasteiger partial charge is 0.492 e. The van der Waals surface area contributed by atoms with Gasteiger partial charge in [-0.1, -0.05) is 12.1 Å². The number of anilines is 1. The molecule has 6 heteroatoms. The average molecular weight is 319 g/mol. The molecule has 6 nitrogen and oxygen atoms in total. The molecule has 2 N–H and O–H groups in total. The molecule has 1 heterocycles. The number of ether oxygens (including phenoxy) is 1. The first-order valence-corrected chi connectivity index (χ1v) is 8.11. The maximum absolute atomic E-state index is 12.3. The molecule has 1 saturated heterocycles. The minimum Gasteiger partial charge on any atom is -0.492 e. The fraction of sp³-hybridized carbons (Fsp3) is 0.529. The van der Waals surface area contributed by atoms with Crippen molar-refractivity contribution < 1.29 is 14.3 Å². The zero-order valence-corrected chi connectivity index (χ0v) is 13.8. The monoisotopic (exact) mass is 319 g/mol. The summed E-state index contributed by atoms with van der Waals surface area (Å²) in [6.07, 6.45) is 1.12. The summed E-state index contributed by atoms with van der Waals surface area (Å²) in [4.78, 5) is 26.2. The SMILES string of the molecule is CCOc1ccccc1N1CC(C(=O)NCCCNC)CC1=O. The van der Waals surface area contributed by atoms with Crippen LogP contribution in [0.3, 0.4) is 0 Å². The van der Waals surface area contributed by atoms with Gasteiger partial charge in [0.05, 0.1) is 18.2 Å². The first-order chi connectivity index (χ1) is 11.2. The number of amides is 2. The Morgan fingerprint density at radius 2 is 2.13 bits per heavy atom. The molecule has 1 aliphatic heterocycles. The average Bonchev–Trinajstić information content (AvgIpc) is 2.94. The van der Waals surface area contributed by atoms with Gasteiger partial charge in [-0.25, -0.2) is 0 Å². The van der Waals surface area contributed by atoms with Gasteiger partial charge in [0.15, 0.2) is 0 Å². The first-order valence-electron chi connectivity index (χ1n) is 8.11. The van der Waals surface area contributed by atoms with Gasteiger partial charge in [0.2, 0.25) is 11.8 Å². The molecule has 1 aromatic carbocycles. The summed E-state index contributed by atoms with van der Waals surface area (Å²) < 4.78 is 5.58. The summed E-state index contributed by atoms with van der Waals surface area (Å²) in [5.74, 6) is 0.295. The highest BCUT2D eigenvalue weighted by Crippen LogP contribution is 2.33. The first kappa shape index (κ1) is 17.3. The molecule has 2 rings (SSSR count).